The lowest BCUT2D eigenvalue weighted by Gasteiger charge is -2.08. The zero-order valence-corrected chi connectivity index (χ0v) is 16.6. The molecule has 0 unspecified atom stereocenters. The van der Waals surface area contributed by atoms with Gasteiger partial charge in [-0.3, -0.25) is 9.63 Å². The van der Waals surface area contributed by atoms with Gasteiger partial charge in [-0.15, -0.1) is 0 Å². The van der Waals surface area contributed by atoms with E-state index in [4.69, 9.17) is 9.57 Å². The van der Waals surface area contributed by atoms with Gasteiger partial charge in [0.15, 0.2) is 0 Å². The van der Waals surface area contributed by atoms with Crippen molar-refractivity contribution >= 4 is 5.91 Å². The van der Waals surface area contributed by atoms with Gasteiger partial charge < -0.3 is 9.72 Å². The summed E-state index contributed by atoms with van der Waals surface area (Å²) in [5.41, 5.74) is 7.49. The SMILES string of the molecule is CONC(=O)c1[nH]c(-c2ccccc2)cc1-c1ccc(OCc2ccccc2)cc1. The van der Waals surface area contributed by atoms with Crippen LogP contribution in [-0.2, 0) is 11.4 Å². The van der Waals surface area contributed by atoms with Gasteiger partial charge in [0.1, 0.15) is 18.1 Å². The fourth-order valence-corrected chi connectivity index (χ4v) is 3.25. The molecule has 0 bridgehead atoms. The summed E-state index contributed by atoms with van der Waals surface area (Å²) in [5, 5.41) is 0. The molecule has 5 heteroatoms. The molecule has 0 radical (unpaired) electrons. The van der Waals surface area contributed by atoms with Crippen LogP contribution in [0.2, 0.25) is 0 Å². The summed E-state index contributed by atoms with van der Waals surface area (Å²) in [4.78, 5) is 20.6. The van der Waals surface area contributed by atoms with E-state index in [0.29, 0.717) is 12.3 Å². The topological polar surface area (TPSA) is 63.3 Å². The van der Waals surface area contributed by atoms with E-state index >= 15 is 0 Å². The second-order valence-electron chi connectivity index (χ2n) is 6.77. The molecule has 0 spiro atoms. The van der Waals surface area contributed by atoms with Crippen LogP contribution >= 0.6 is 0 Å². The third-order valence-corrected chi connectivity index (χ3v) is 4.74. The van der Waals surface area contributed by atoms with Crippen molar-refractivity contribution in [3.8, 4) is 28.1 Å². The van der Waals surface area contributed by atoms with E-state index in [1.54, 1.807) is 0 Å². The molecule has 0 aliphatic rings. The van der Waals surface area contributed by atoms with Gasteiger partial charge in [-0.1, -0.05) is 72.8 Å². The number of hydroxylamine groups is 1. The monoisotopic (exact) mass is 398 g/mol. The Morgan fingerprint density at radius 2 is 1.53 bits per heavy atom. The maximum atomic E-state index is 12.5. The molecular formula is C25H22N2O3. The molecule has 1 aromatic heterocycles. The minimum absolute atomic E-state index is 0.334. The molecule has 0 aliphatic heterocycles. The van der Waals surface area contributed by atoms with E-state index in [1.165, 1.54) is 7.11 Å². The van der Waals surface area contributed by atoms with Crippen LogP contribution in [0.25, 0.3) is 22.4 Å². The van der Waals surface area contributed by atoms with Gasteiger partial charge in [0.2, 0.25) is 0 Å². The van der Waals surface area contributed by atoms with Gasteiger partial charge >= 0.3 is 0 Å². The predicted octanol–water partition coefficient (Wildman–Crippen LogP) is 5.22. The highest BCUT2D eigenvalue weighted by Gasteiger charge is 2.18. The first-order chi connectivity index (χ1) is 14.7. The standard InChI is InChI=1S/C25H22N2O3/c1-29-27-25(28)24-22(16-23(26-24)20-10-6-3-7-11-20)19-12-14-21(15-13-19)30-17-18-8-4-2-5-9-18/h2-16,26H,17H2,1H3,(H,27,28). The van der Waals surface area contributed by atoms with Crippen LogP contribution < -0.4 is 10.2 Å². The number of ether oxygens (including phenoxy) is 1. The van der Waals surface area contributed by atoms with Crippen molar-refractivity contribution in [3.63, 3.8) is 0 Å². The average Bonchev–Trinajstić information content (AvgIpc) is 3.25. The molecule has 150 valence electrons. The number of carbonyl (C=O) groups excluding carboxylic acids is 1. The minimum atomic E-state index is -0.334. The van der Waals surface area contributed by atoms with E-state index in [1.807, 2.05) is 91.0 Å². The molecule has 30 heavy (non-hydrogen) atoms. The van der Waals surface area contributed by atoms with Crippen LogP contribution in [-0.4, -0.2) is 18.0 Å². The first-order valence-electron chi connectivity index (χ1n) is 9.63. The second-order valence-corrected chi connectivity index (χ2v) is 6.77. The Labute approximate surface area is 175 Å². The number of benzene rings is 3. The lowest BCUT2D eigenvalue weighted by Crippen LogP contribution is -2.22. The summed E-state index contributed by atoms with van der Waals surface area (Å²) >= 11 is 0. The van der Waals surface area contributed by atoms with Crippen molar-refractivity contribution in [2.75, 3.05) is 7.11 Å². The molecule has 0 saturated carbocycles. The molecular weight excluding hydrogens is 376 g/mol. The molecule has 0 atom stereocenters. The fraction of sp³-hybridized carbons (Fsp3) is 0.0800. The summed E-state index contributed by atoms with van der Waals surface area (Å²) in [6.45, 7) is 0.504. The van der Waals surface area contributed by atoms with Crippen molar-refractivity contribution < 1.29 is 14.4 Å². The maximum absolute atomic E-state index is 12.5. The Bertz CT molecular complexity index is 1100. The van der Waals surface area contributed by atoms with Gasteiger partial charge in [-0.05, 0) is 34.9 Å². The van der Waals surface area contributed by atoms with E-state index in [0.717, 1.165) is 33.7 Å². The van der Waals surface area contributed by atoms with Gasteiger partial charge in [0.05, 0.1) is 7.11 Å². The number of carbonyl (C=O) groups is 1. The van der Waals surface area contributed by atoms with Crippen molar-refractivity contribution in [1.82, 2.24) is 10.5 Å². The summed E-state index contributed by atoms with van der Waals surface area (Å²) in [7, 11) is 1.41. The average molecular weight is 398 g/mol. The lowest BCUT2D eigenvalue weighted by atomic mass is 10.0. The molecule has 0 aliphatic carbocycles. The van der Waals surface area contributed by atoms with Crippen LogP contribution in [0.4, 0.5) is 0 Å². The summed E-state index contributed by atoms with van der Waals surface area (Å²) < 4.78 is 5.87. The molecule has 5 nitrogen and oxygen atoms in total. The zero-order chi connectivity index (χ0) is 20.8. The quantitative estimate of drug-likeness (QED) is 0.420. The lowest BCUT2D eigenvalue weighted by molar-refractivity contribution is 0.0534. The van der Waals surface area contributed by atoms with E-state index in [2.05, 4.69) is 10.5 Å². The first-order valence-corrected chi connectivity index (χ1v) is 9.63. The molecule has 1 heterocycles. The van der Waals surface area contributed by atoms with E-state index < -0.39 is 0 Å². The van der Waals surface area contributed by atoms with Crippen LogP contribution in [0.3, 0.4) is 0 Å². The Kier molecular flexibility index (Phi) is 5.92. The Morgan fingerprint density at radius 3 is 2.20 bits per heavy atom. The second kappa shape index (κ2) is 9.11. The number of rotatable bonds is 7. The minimum Gasteiger partial charge on any atom is -0.489 e. The molecule has 1 amide bonds. The number of aromatic nitrogens is 1. The predicted molar refractivity (Wildman–Crippen MR) is 117 cm³/mol. The smallest absolute Gasteiger partial charge is 0.291 e. The van der Waals surface area contributed by atoms with Gasteiger partial charge in [-0.2, -0.15) is 0 Å². The van der Waals surface area contributed by atoms with E-state index in [-0.39, 0.29) is 5.91 Å². The van der Waals surface area contributed by atoms with Crippen molar-refractivity contribution in [2.45, 2.75) is 6.61 Å². The molecule has 4 aromatic rings. The van der Waals surface area contributed by atoms with Crippen LogP contribution in [0.5, 0.6) is 5.75 Å². The summed E-state index contributed by atoms with van der Waals surface area (Å²) in [6, 6.07) is 29.6. The number of hydrogen-bond acceptors (Lipinski definition) is 3. The maximum Gasteiger partial charge on any atom is 0.291 e. The Balaban J connectivity index is 1.60. The molecule has 3 aromatic carbocycles. The third kappa shape index (κ3) is 4.42. The number of nitrogens with one attached hydrogen (secondary N) is 2. The molecule has 0 fully saturated rings. The zero-order valence-electron chi connectivity index (χ0n) is 16.6. The van der Waals surface area contributed by atoms with Crippen molar-refractivity contribution in [1.29, 1.82) is 0 Å². The highest BCUT2D eigenvalue weighted by molar-refractivity contribution is 6.00. The highest BCUT2D eigenvalue weighted by Crippen LogP contribution is 2.31. The number of aromatic amines is 1. The van der Waals surface area contributed by atoms with Crippen LogP contribution in [0.1, 0.15) is 16.1 Å². The molecule has 2 N–H and O–H groups in total. The first kappa shape index (κ1) is 19.5. The number of amides is 1. The van der Waals surface area contributed by atoms with Gasteiger partial charge in [0.25, 0.3) is 5.91 Å². The summed E-state index contributed by atoms with van der Waals surface area (Å²) in [6.07, 6.45) is 0. The van der Waals surface area contributed by atoms with Gasteiger partial charge in [0, 0.05) is 11.3 Å². The summed E-state index contributed by atoms with van der Waals surface area (Å²) in [5.74, 6) is 0.434. The molecule has 0 saturated heterocycles. The number of hydrogen-bond donors (Lipinski definition) is 2. The van der Waals surface area contributed by atoms with Crippen molar-refractivity contribution in [2.24, 2.45) is 0 Å². The Morgan fingerprint density at radius 1 is 0.867 bits per heavy atom. The highest BCUT2D eigenvalue weighted by atomic mass is 16.6. The van der Waals surface area contributed by atoms with Crippen LogP contribution in [0.15, 0.2) is 91.0 Å². The normalized spacial score (nSPS) is 10.6. The van der Waals surface area contributed by atoms with E-state index in [9.17, 15) is 4.79 Å². The third-order valence-electron chi connectivity index (χ3n) is 4.74. The Hall–Kier alpha value is -3.83. The largest absolute Gasteiger partial charge is 0.489 e. The fourth-order valence-electron chi connectivity index (χ4n) is 3.25. The molecule has 4 rings (SSSR count). The number of H-pyrrole nitrogens is 1. The van der Waals surface area contributed by atoms with Crippen molar-refractivity contribution in [3.05, 3.63) is 102 Å². The van der Waals surface area contributed by atoms with Gasteiger partial charge in [-0.25, -0.2) is 5.48 Å². The van der Waals surface area contributed by atoms with Crippen LogP contribution in [0, 0.1) is 0 Å².